The van der Waals surface area contributed by atoms with E-state index in [4.69, 9.17) is 22.1 Å². The summed E-state index contributed by atoms with van der Waals surface area (Å²) in [5.74, 6) is -0.00325. The first kappa shape index (κ1) is 20.0. The van der Waals surface area contributed by atoms with E-state index in [1.807, 2.05) is 13.0 Å². The SMILES string of the molecule is COc1ccc(C2C(C)=C(c3cccc(Cl)c3)C(C#N)=C(N)C2(C#N)C#N)cc1. The van der Waals surface area contributed by atoms with Gasteiger partial charge in [0.05, 0.1) is 30.5 Å². The number of hydrogen-bond acceptors (Lipinski definition) is 5. The zero-order chi connectivity index (χ0) is 21.2. The van der Waals surface area contributed by atoms with E-state index in [1.54, 1.807) is 49.6 Å². The van der Waals surface area contributed by atoms with Crippen molar-refractivity contribution >= 4 is 17.2 Å². The maximum absolute atomic E-state index is 10.0. The van der Waals surface area contributed by atoms with Crippen molar-refractivity contribution in [2.75, 3.05) is 7.11 Å². The molecule has 6 heteroatoms. The van der Waals surface area contributed by atoms with Crippen LogP contribution in [-0.4, -0.2) is 7.11 Å². The lowest BCUT2D eigenvalue weighted by Gasteiger charge is -2.37. The van der Waals surface area contributed by atoms with E-state index in [-0.39, 0.29) is 11.3 Å². The standard InChI is InChI=1S/C23H17ClN4O/c1-14-20(16-4-3-5-17(24)10-16)19(11-25)22(28)23(12-26,13-27)21(14)15-6-8-18(29-2)9-7-15/h3-10,21H,28H2,1-2H3. The summed E-state index contributed by atoms with van der Waals surface area (Å²) in [5.41, 5.74) is 7.42. The van der Waals surface area contributed by atoms with Crippen LogP contribution in [-0.2, 0) is 0 Å². The highest BCUT2D eigenvalue weighted by Gasteiger charge is 2.50. The van der Waals surface area contributed by atoms with Gasteiger partial charge < -0.3 is 10.5 Å². The number of halogens is 1. The Morgan fingerprint density at radius 2 is 1.72 bits per heavy atom. The van der Waals surface area contributed by atoms with Gasteiger partial charge in [0.1, 0.15) is 11.8 Å². The van der Waals surface area contributed by atoms with E-state index >= 15 is 0 Å². The number of nitrogens with two attached hydrogens (primary N) is 1. The summed E-state index contributed by atoms with van der Waals surface area (Å²) in [6, 6.07) is 20.5. The summed E-state index contributed by atoms with van der Waals surface area (Å²) in [6.45, 7) is 1.82. The Morgan fingerprint density at radius 3 is 2.24 bits per heavy atom. The van der Waals surface area contributed by atoms with Gasteiger partial charge in [-0.1, -0.05) is 41.4 Å². The first-order chi connectivity index (χ1) is 13.9. The number of methoxy groups -OCH3 is 1. The van der Waals surface area contributed by atoms with Crippen LogP contribution in [0.3, 0.4) is 0 Å². The van der Waals surface area contributed by atoms with Gasteiger partial charge in [-0.25, -0.2) is 0 Å². The van der Waals surface area contributed by atoms with Gasteiger partial charge in [0.2, 0.25) is 0 Å². The maximum Gasteiger partial charge on any atom is 0.194 e. The van der Waals surface area contributed by atoms with Gasteiger partial charge in [0.25, 0.3) is 0 Å². The van der Waals surface area contributed by atoms with Crippen molar-refractivity contribution in [2.45, 2.75) is 12.8 Å². The number of ether oxygens (including phenoxy) is 1. The fraction of sp³-hybridized carbons (Fsp3) is 0.174. The van der Waals surface area contributed by atoms with Gasteiger partial charge in [0.15, 0.2) is 5.41 Å². The Bertz CT molecular complexity index is 1140. The minimum absolute atomic E-state index is 0.0496. The summed E-state index contributed by atoms with van der Waals surface area (Å²) < 4.78 is 5.21. The molecule has 0 aliphatic heterocycles. The van der Waals surface area contributed by atoms with Crippen LogP contribution in [0.15, 0.2) is 65.4 Å². The van der Waals surface area contributed by atoms with Crippen molar-refractivity contribution in [1.29, 1.82) is 15.8 Å². The Labute approximate surface area is 174 Å². The molecule has 1 aliphatic rings. The van der Waals surface area contributed by atoms with E-state index in [1.165, 1.54) is 0 Å². The van der Waals surface area contributed by atoms with Gasteiger partial charge in [-0.2, -0.15) is 15.8 Å². The molecule has 0 heterocycles. The molecular formula is C23H17ClN4O. The Morgan fingerprint density at radius 1 is 1.07 bits per heavy atom. The van der Waals surface area contributed by atoms with E-state index in [0.29, 0.717) is 27.5 Å². The number of rotatable bonds is 3. The molecule has 0 spiro atoms. The third-order valence-corrected chi connectivity index (χ3v) is 5.47. The summed E-state index contributed by atoms with van der Waals surface area (Å²) >= 11 is 6.17. The van der Waals surface area contributed by atoms with Crippen LogP contribution in [0.5, 0.6) is 5.75 Å². The van der Waals surface area contributed by atoms with Crippen molar-refractivity contribution in [2.24, 2.45) is 11.1 Å². The highest BCUT2D eigenvalue weighted by molar-refractivity contribution is 6.30. The molecule has 2 aromatic rings. The van der Waals surface area contributed by atoms with E-state index < -0.39 is 11.3 Å². The van der Waals surface area contributed by atoms with Crippen LogP contribution in [0.1, 0.15) is 24.0 Å². The van der Waals surface area contributed by atoms with Gasteiger partial charge in [-0.15, -0.1) is 0 Å². The number of allylic oxidation sites excluding steroid dienone is 4. The maximum atomic E-state index is 10.0. The predicted octanol–water partition coefficient (Wildman–Crippen LogP) is 4.69. The molecule has 2 aromatic carbocycles. The molecule has 1 atom stereocenters. The summed E-state index contributed by atoms with van der Waals surface area (Å²) in [6.07, 6.45) is 0. The molecule has 0 radical (unpaired) electrons. The summed E-state index contributed by atoms with van der Waals surface area (Å²) in [7, 11) is 1.56. The predicted molar refractivity (Wildman–Crippen MR) is 110 cm³/mol. The van der Waals surface area contributed by atoms with Gasteiger partial charge >= 0.3 is 0 Å². The quantitative estimate of drug-likeness (QED) is 0.804. The number of hydrogen-bond donors (Lipinski definition) is 1. The van der Waals surface area contributed by atoms with Crippen molar-refractivity contribution in [3.63, 3.8) is 0 Å². The fourth-order valence-corrected chi connectivity index (χ4v) is 4.05. The molecule has 0 aromatic heterocycles. The molecule has 29 heavy (non-hydrogen) atoms. The summed E-state index contributed by atoms with van der Waals surface area (Å²) in [5, 5.41) is 30.4. The average Bonchev–Trinajstić information content (AvgIpc) is 2.74. The Balaban J connectivity index is 2.37. The van der Waals surface area contributed by atoms with Gasteiger partial charge in [-0.05, 0) is 42.3 Å². The van der Waals surface area contributed by atoms with E-state index in [2.05, 4.69) is 18.2 Å². The van der Waals surface area contributed by atoms with Crippen LogP contribution < -0.4 is 10.5 Å². The molecule has 5 nitrogen and oxygen atoms in total. The van der Waals surface area contributed by atoms with Crippen LogP contribution in [0, 0.1) is 39.4 Å². The number of nitriles is 3. The lowest BCUT2D eigenvalue weighted by molar-refractivity contribution is 0.414. The third kappa shape index (κ3) is 3.11. The largest absolute Gasteiger partial charge is 0.497 e. The average molecular weight is 401 g/mol. The van der Waals surface area contributed by atoms with Crippen molar-refractivity contribution in [1.82, 2.24) is 0 Å². The monoisotopic (exact) mass is 400 g/mol. The van der Waals surface area contributed by atoms with Crippen molar-refractivity contribution < 1.29 is 4.74 Å². The van der Waals surface area contributed by atoms with E-state index in [0.717, 1.165) is 5.56 Å². The van der Waals surface area contributed by atoms with Crippen LogP contribution in [0.2, 0.25) is 5.02 Å². The Hall–Kier alpha value is -3.72. The highest BCUT2D eigenvalue weighted by Crippen LogP contribution is 2.53. The fourth-order valence-electron chi connectivity index (χ4n) is 3.86. The minimum Gasteiger partial charge on any atom is -0.497 e. The number of nitrogens with zero attached hydrogens (tertiary/aromatic N) is 3. The molecule has 1 aliphatic carbocycles. The molecule has 1 unspecified atom stereocenters. The first-order valence-corrected chi connectivity index (χ1v) is 9.15. The third-order valence-electron chi connectivity index (χ3n) is 5.23. The second-order valence-corrected chi connectivity index (χ2v) is 7.14. The normalized spacial score (nSPS) is 17.9. The van der Waals surface area contributed by atoms with Crippen LogP contribution in [0.4, 0.5) is 0 Å². The van der Waals surface area contributed by atoms with E-state index in [9.17, 15) is 15.8 Å². The molecule has 0 fully saturated rings. The lowest BCUT2D eigenvalue weighted by Crippen LogP contribution is -2.37. The lowest BCUT2D eigenvalue weighted by atomic mass is 9.62. The molecule has 0 bridgehead atoms. The molecule has 0 saturated heterocycles. The molecular weight excluding hydrogens is 384 g/mol. The second kappa shape index (κ2) is 7.72. The molecule has 0 amide bonds. The number of benzene rings is 2. The zero-order valence-electron chi connectivity index (χ0n) is 15.9. The minimum atomic E-state index is -1.70. The van der Waals surface area contributed by atoms with Gasteiger partial charge in [0, 0.05) is 16.5 Å². The van der Waals surface area contributed by atoms with Crippen LogP contribution >= 0.6 is 11.6 Å². The second-order valence-electron chi connectivity index (χ2n) is 6.71. The zero-order valence-corrected chi connectivity index (χ0v) is 16.7. The molecule has 2 N–H and O–H groups in total. The Kier molecular flexibility index (Phi) is 5.33. The molecule has 0 saturated carbocycles. The molecule has 3 rings (SSSR count). The van der Waals surface area contributed by atoms with Crippen molar-refractivity contribution in [3.05, 3.63) is 81.5 Å². The van der Waals surface area contributed by atoms with Crippen LogP contribution in [0.25, 0.3) is 5.57 Å². The molecule has 142 valence electrons. The van der Waals surface area contributed by atoms with Crippen molar-refractivity contribution in [3.8, 4) is 24.0 Å². The topological polar surface area (TPSA) is 107 Å². The highest BCUT2D eigenvalue weighted by atomic mass is 35.5. The van der Waals surface area contributed by atoms with Gasteiger partial charge in [-0.3, -0.25) is 0 Å². The first-order valence-electron chi connectivity index (χ1n) is 8.77. The summed E-state index contributed by atoms with van der Waals surface area (Å²) in [4.78, 5) is 0. The smallest absolute Gasteiger partial charge is 0.194 e.